The molecule has 0 amide bonds. The molecule has 2 atom stereocenters. The maximum absolute atomic E-state index is 6.38. The van der Waals surface area contributed by atoms with Crippen molar-refractivity contribution < 1.29 is 14.2 Å². The van der Waals surface area contributed by atoms with Crippen LogP contribution < -0.4 is 14.2 Å². The number of halogens is 1. The molecule has 3 aromatic rings. The van der Waals surface area contributed by atoms with Gasteiger partial charge in [-0.3, -0.25) is 4.98 Å². The lowest BCUT2D eigenvalue weighted by Gasteiger charge is -2.38. The molecule has 2 aromatic carbocycles. The van der Waals surface area contributed by atoms with E-state index in [0.717, 1.165) is 39.0 Å². The lowest BCUT2D eigenvalue weighted by atomic mass is 9.96. The Balaban J connectivity index is 1.58. The van der Waals surface area contributed by atoms with Crippen LogP contribution in [0.5, 0.6) is 17.2 Å². The monoisotopic (exact) mass is 465 g/mol. The maximum Gasteiger partial charge on any atom is 0.213 e. The molecule has 0 saturated carbocycles. The van der Waals surface area contributed by atoms with E-state index in [2.05, 4.69) is 32.0 Å². The molecule has 0 bridgehead atoms. The van der Waals surface area contributed by atoms with Crippen LogP contribution in [0.25, 0.3) is 0 Å². The predicted molar refractivity (Wildman–Crippen MR) is 117 cm³/mol. The van der Waals surface area contributed by atoms with Crippen molar-refractivity contribution in [2.24, 2.45) is 5.10 Å². The summed E-state index contributed by atoms with van der Waals surface area (Å²) in [6.45, 7) is 0. The molecule has 0 N–H and O–H groups in total. The minimum absolute atomic E-state index is 0.0764. The molecule has 5 rings (SSSR count). The molecular formula is C23H20BrN3O3. The van der Waals surface area contributed by atoms with Crippen LogP contribution in [0, 0.1) is 0 Å². The second kappa shape index (κ2) is 7.65. The Morgan fingerprint density at radius 2 is 1.80 bits per heavy atom. The van der Waals surface area contributed by atoms with E-state index in [1.807, 2.05) is 42.5 Å². The zero-order valence-corrected chi connectivity index (χ0v) is 18.2. The molecule has 152 valence electrons. The number of methoxy groups -OCH3 is 2. The molecule has 0 saturated heterocycles. The topological polar surface area (TPSA) is 56.2 Å². The Labute approximate surface area is 183 Å². The first-order chi connectivity index (χ1) is 14.7. The number of aromatic nitrogens is 1. The summed E-state index contributed by atoms with van der Waals surface area (Å²) in [6.07, 6.45) is 4.01. The lowest BCUT2D eigenvalue weighted by Crippen LogP contribution is -2.33. The number of hydrogen-bond acceptors (Lipinski definition) is 6. The van der Waals surface area contributed by atoms with Crippen LogP contribution in [0.15, 0.2) is 70.5 Å². The highest BCUT2D eigenvalue weighted by atomic mass is 79.9. The molecule has 0 radical (unpaired) electrons. The van der Waals surface area contributed by atoms with Crippen molar-refractivity contribution in [3.05, 3.63) is 82.1 Å². The van der Waals surface area contributed by atoms with E-state index in [1.165, 1.54) is 0 Å². The molecule has 7 heteroatoms. The van der Waals surface area contributed by atoms with Gasteiger partial charge in [0.2, 0.25) is 6.23 Å². The summed E-state index contributed by atoms with van der Waals surface area (Å²) in [5.74, 6) is 2.27. The van der Waals surface area contributed by atoms with Crippen molar-refractivity contribution in [1.29, 1.82) is 0 Å². The fraction of sp³-hybridized carbons (Fsp3) is 0.217. The standard InChI is InChI=1S/C23H20BrN3O3/c1-28-21-5-3-15(11-22(21)29-2)18-13-19-17-12-16(24)4-6-20(17)30-23(27(19)26-18)14-7-9-25-10-8-14/h3-12,19,23H,13H2,1-2H3/t19-,23-/m1/s1. The third kappa shape index (κ3) is 3.19. The fourth-order valence-corrected chi connectivity index (χ4v) is 4.38. The largest absolute Gasteiger partial charge is 0.493 e. The summed E-state index contributed by atoms with van der Waals surface area (Å²) in [4.78, 5) is 4.14. The van der Waals surface area contributed by atoms with E-state index >= 15 is 0 Å². The van der Waals surface area contributed by atoms with Gasteiger partial charge in [-0.1, -0.05) is 15.9 Å². The van der Waals surface area contributed by atoms with Gasteiger partial charge < -0.3 is 14.2 Å². The van der Waals surface area contributed by atoms with E-state index in [0.29, 0.717) is 11.5 Å². The predicted octanol–water partition coefficient (Wildman–Crippen LogP) is 5.10. The third-order valence-corrected chi connectivity index (χ3v) is 5.95. The van der Waals surface area contributed by atoms with Crippen LogP contribution in [0.3, 0.4) is 0 Å². The molecule has 2 aliphatic rings. The first kappa shape index (κ1) is 18.9. The quantitative estimate of drug-likeness (QED) is 0.536. The van der Waals surface area contributed by atoms with Gasteiger partial charge in [0.25, 0.3) is 0 Å². The van der Waals surface area contributed by atoms with Gasteiger partial charge in [0.1, 0.15) is 5.75 Å². The van der Waals surface area contributed by atoms with Crippen LogP contribution >= 0.6 is 15.9 Å². The second-order valence-electron chi connectivity index (χ2n) is 7.15. The Kier molecular flexibility index (Phi) is 4.83. The molecule has 6 nitrogen and oxygen atoms in total. The number of nitrogens with zero attached hydrogens (tertiary/aromatic N) is 3. The molecule has 0 unspecified atom stereocenters. The van der Waals surface area contributed by atoms with Crippen molar-refractivity contribution in [3.63, 3.8) is 0 Å². The molecule has 0 fully saturated rings. The first-order valence-electron chi connectivity index (χ1n) is 9.62. The number of fused-ring (bicyclic) bond motifs is 3. The van der Waals surface area contributed by atoms with E-state index in [-0.39, 0.29) is 12.3 Å². The fourth-order valence-electron chi connectivity index (χ4n) is 4.00. The smallest absolute Gasteiger partial charge is 0.213 e. The molecule has 2 aliphatic heterocycles. The van der Waals surface area contributed by atoms with Crippen LogP contribution in [-0.4, -0.2) is 29.9 Å². The van der Waals surface area contributed by atoms with Gasteiger partial charge in [0.15, 0.2) is 11.5 Å². The summed E-state index contributed by atoms with van der Waals surface area (Å²) < 4.78 is 18.3. The summed E-state index contributed by atoms with van der Waals surface area (Å²) in [6, 6.07) is 16.0. The summed E-state index contributed by atoms with van der Waals surface area (Å²) in [5.41, 5.74) is 4.12. The number of hydrogen-bond donors (Lipinski definition) is 0. The van der Waals surface area contributed by atoms with E-state index in [1.54, 1.807) is 26.6 Å². The zero-order valence-electron chi connectivity index (χ0n) is 16.6. The average Bonchev–Trinajstić information content (AvgIpc) is 3.24. The Hall–Kier alpha value is -3.06. The second-order valence-corrected chi connectivity index (χ2v) is 8.06. The number of rotatable bonds is 4. The van der Waals surface area contributed by atoms with E-state index < -0.39 is 0 Å². The number of pyridine rings is 1. The van der Waals surface area contributed by atoms with Gasteiger partial charge in [0, 0.05) is 40.0 Å². The van der Waals surface area contributed by atoms with Crippen molar-refractivity contribution in [1.82, 2.24) is 9.99 Å². The summed E-state index contributed by atoms with van der Waals surface area (Å²) >= 11 is 3.59. The van der Waals surface area contributed by atoms with Crippen LogP contribution in [-0.2, 0) is 0 Å². The van der Waals surface area contributed by atoms with Crippen molar-refractivity contribution >= 4 is 21.6 Å². The first-order valence-corrected chi connectivity index (χ1v) is 10.4. The molecule has 30 heavy (non-hydrogen) atoms. The van der Waals surface area contributed by atoms with Gasteiger partial charge >= 0.3 is 0 Å². The van der Waals surface area contributed by atoms with Gasteiger partial charge in [0.05, 0.1) is 26.0 Å². The maximum atomic E-state index is 6.38. The number of ether oxygens (including phenoxy) is 3. The highest BCUT2D eigenvalue weighted by Gasteiger charge is 2.41. The van der Waals surface area contributed by atoms with Gasteiger partial charge in [-0.25, -0.2) is 5.01 Å². The molecule has 0 aliphatic carbocycles. The molecule has 1 aromatic heterocycles. The molecule has 0 spiro atoms. The van der Waals surface area contributed by atoms with E-state index in [4.69, 9.17) is 19.3 Å². The molecule has 3 heterocycles. The lowest BCUT2D eigenvalue weighted by molar-refractivity contribution is -0.0191. The van der Waals surface area contributed by atoms with Crippen LogP contribution in [0.2, 0.25) is 0 Å². The summed E-state index contributed by atoms with van der Waals surface area (Å²) in [5, 5.41) is 7.04. The SMILES string of the molecule is COc1ccc(C2=NN3[C@H](C2)c2cc(Br)ccc2O[C@@H]3c2ccncc2)cc1OC. The van der Waals surface area contributed by atoms with Crippen LogP contribution in [0.4, 0.5) is 0 Å². The normalized spacial score (nSPS) is 19.4. The number of benzene rings is 2. The molecular weight excluding hydrogens is 446 g/mol. The van der Waals surface area contributed by atoms with E-state index in [9.17, 15) is 0 Å². The minimum atomic E-state index is -0.315. The summed E-state index contributed by atoms with van der Waals surface area (Å²) in [7, 11) is 3.28. The Bertz CT molecular complexity index is 1120. The number of hydrazone groups is 1. The zero-order chi connectivity index (χ0) is 20.7. The Morgan fingerprint density at radius 1 is 1.00 bits per heavy atom. The van der Waals surface area contributed by atoms with Crippen molar-refractivity contribution in [2.75, 3.05) is 14.2 Å². The Morgan fingerprint density at radius 3 is 2.57 bits per heavy atom. The third-order valence-electron chi connectivity index (χ3n) is 5.46. The van der Waals surface area contributed by atoms with Gasteiger partial charge in [-0.15, -0.1) is 0 Å². The van der Waals surface area contributed by atoms with Crippen molar-refractivity contribution in [3.8, 4) is 17.2 Å². The van der Waals surface area contributed by atoms with Crippen molar-refractivity contribution in [2.45, 2.75) is 18.7 Å². The van der Waals surface area contributed by atoms with Crippen LogP contribution in [0.1, 0.15) is 35.4 Å². The minimum Gasteiger partial charge on any atom is -0.493 e. The highest BCUT2D eigenvalue weighted by molar-refractivity contribution is 9.10. The van der Waals surface area contributed by atoms with Gasteiger partial charge in [-0.05, 0) is 48.5 Å². The van der Waals surface area contributed by atoms with Gasteiger partial charge in [-0.2, -0.15) is 5.10 Å². The average molecular weight is 466 g/mol. The highest BCUT2D eigenvalue weighted by Crippen LogP contribution is 2.48.